The summed E-state index contributed by atoms with van der Waals surface area (Å²) in [5.74, 6) is 0. The van der Waals surface area contributed by atoms with Gasteiger partial charge in [0.25, 0.3) is 0 Å². The molecule has 6 heteroatoms. The molecule has 1 aromatic rings. The first-order valence-corrected chi connectivity index (χ1v) is 9.93. The Kier molecular flexibility index (Phi) is 10.3. The van der Waals surface area contributed by atoms with Crippen LogP contribution in [0.25, 0.3) is 0 Å². The lowest BCUT2D eigenvalue weighted by Gasteiger charge is -2.25. The molecule has 1 fully saturated rings. The van der Waals surface area contributed by atoms with Crippen molar-refractivity contribution in [2.75, 3.05) is 47.1 Å². The van der Waals surface area contributed by atoms with Crippen LogP contribution < -0.4 is 0 Å². The van der Waals surface area contributed by atoms with E-state index >= 15 is 0 Å². The molecule has 154 valence electrons. The SMILES string of the molecule is CCCCO[C@H]1[C@@H](CN(C)CCc2ccccc2)OC(OCCOC)[C@@H]1O. The first kappa shape index (κ1) is 22.3. The molecule has 4 atom stereocenters. The zero-order valence-electron chi connectivity index (χ0n) is 16.9. The number of likely N-dealkylation sites (N-methyl/N-ethyl adjacent to an activating group) is 1. The van der Waals surface area contributed by atoms with Crippen LogP contribution in [0.3, 0.4) is 0 Å². The van der Waals surface area contributed by atoms with Crippen molar-refractivity contribution in [2.45, 2.75) is 50.8 Å². The van der Waals surface area contributed by atoms with Crippen molar-refractivity contribution >= 4 is 0 Å². The van der Waals surface area contributed by atoms with Gasteiger partial charge in [0.1, 0.15) is 18.3 Å². The van der Waals surface area contributed by atoms with E-state index in [9.17, 15) is 5.11 Å². The minimum Gasteiger partial charge on any atom is -0.385 e. The Balaban J connectivity index is 1.87. The fourth-order valence-corrected chi connectivity index (χ4v) is 3.17. The van der Waals surface area contributed by atoms with Crippen LogP contribution in [0.4, 0.5) is 0 Å². The van der Waals surface area contributed by atoms with Gasteiger partial charge < -0.3 is 29.0 Å². The van der Waals surface area contributed by atoms with Gasteiger partial charge in [-0.25, -0.2) is 0 Å². The number of aliphatic hydroxyl groups is 1. The second kappa shape index (κ2) is 12.4. The molecule has 0 bridgehead atoms. The number of benzene rings is 1. The fraction of sp³-hybridized carbons (Fsp3) is 0.714. The zero-order valence-corrected chi connectivity index (χ0v) is 16.9. The summed E-state index contributed by atoms with van der Waals surface area (Å²) in [5.41, 5.74) is 1.31. The van der Waals surface area contributed by atoms with Gasteiger partial charge in [-0.15, -0.1) is 0 Å². The monoisotopic (exact) mass is 381 g/mol. The largest absolute Gasteiger partial charge is 0.385 e. The zero-order chi connectivity index (χ0) is 19.5. The molecule has 2 rings (SSSR count). The summed E-state index contributed by atoms with van der Waals surface area (Å²) in [6, 6.07) is 10.4. The number of ether oxygens (including phenoxy) is 4. The molecule has 0 aromatic heterocycles. The van der Waals surface area contributed by atoms with Gasteiger partial charge in [0.15, 0.2) is 6.29 Å². The molecule has 1 N–H and O–H groups in total. The van der Waals surface area contributed by atoms with Crippen molar-refractivity contribution in [3.8, 4) is 0 Å². The quantitative estimate of drug-likeness (QED) is 0.528. The number of hydrogen-bond donors (Lipinski definition) is 1. The maximum Gasteiger partial charge on any atom is 0.186 e. The lowest BCUT2D eigenvalue weighted by molar-refractivity contribution is -0.172. The van der Waals surface area contributed by atoms with E-state index < -0.39 is 12.4 Å². The van der Waals surface area contributed by atoms with E-state index in [0.717, 1.165) is 25.8 Å². The summed E-state index contributed by atoms with van der Waals surface area (Å²) in [5, 5.41) is 10.6. The molecule has 27 heavy (non-hydrogen) atoms. The molecule has 0 aliphatic carbocycles. The van der Waals surface area contributed by atoms with Crippen molar-refractivity contribution in [1.29, 1.82) is 0 Å². The summed E-state index contributed by atoms with van der Waals surface area (Å²) in [7, 11) is 3.69. The summed E-state index contributed by atoms with van der Waals surface area (Å²) in [6.07, 6.45) is 0.953. The van der Waals surface area contributed by atoms with Crippen LogP contribution in [0.15, 0.2) is 30.3 Å². The second-order valence-electron chi connectivity index (χ2n) is 7.08. The normalized spacial score (nSPS) is 25.4. The molecule has 0 spiro atoms. The van der Waals surface area contributed by atoms with Crippen LogP contribution in [-0.4, -0.2) is 81.7 Å². The summed E-state index contributed by atoms with van der Waals surface area (Å²) < 4.78 is 22.6. The molecule has 6 nitrogen and oxygen atoms in total. The van der Waals surface area contributed by atoms with E-state index in [2.05, 4.69) is 43.1 Å². The third kappa shape index (κ3) is 7.49. The van der Waals surface area contributed by atoms with Crippen molar-refractivity contribution in [3.05, 3.63) is 35.9 Å². The number of nitrogens with zero attached hydrogens (tertiary/aromatic N) is 1. The van der Waals surface area contributed by atoms with Gasteiger partial charge in [-0.3, -0.25) is 0 Å². The highest BCUT2D eigenvalue weighted by Gasteiger charge is 2.45. The van der Waals surface area contributed by atoms with E-state index in [0.29, 0.717) is 26.4 Å². The number of unbranched alkanes of at least 4 members (excludes halogenated alkanes) is 1. The Morgan fingerprint density at radius 3 is 2.59 bits per heavy atom. The highest BCUT2D eigenvalue weighted by atomic mass is 16.7. The van der Waals surface area contributed by atoms with Crippen LogP contribution >= 0.6 is 0 Å². The van der Waals surface area contributed by atoms with E-state index in [4.69, 9.17) is 18.9 Å². The van der Waals surface area contributed by atoms with Crippen LogP contribution in [0.5, 0.6) is 0 Å². The van der Waals surface area contributed by atoms with E-state index in [-0.39, 0.29) is 12.2 Å². The standard InChI is InChI=1S/C21H35NO5/c1-4-5-13-25-20-18(27-21(19(20)23)26-15-14-24-3)16-22(2)12-11-17-9-7-6-8-10-17/h6-10,18-21,23H,4-5,11-16H2,1-3H3/t18-,19-,20+,21?/m1/s1. The lowest BCUT2D eigenvalue weighted by Crippen LogP contribution is -2.41. The number of rotatable bonds is 13. The van der Waals surface area contributed by atoms with Gasteiger partial charge in [-0.1, -0.05) is 43.7 Å². The second-order valence-corrected chi connectivity index (χ2v) is 7.08. The molecule has 1 aliphatic rings. The molecular formula is C21H35NO5. The predicted molar refractivity (Wildman–Crippen MR) is 105 cm³/mol. The van der Waals surface area contributed by atoms with E-state index in [1.165, 1.54) is 5.56 Å². The minimum atomic E-state index is -0.786. The maximum absolute atomic E-state index is 10.6. The topological polar surface area (TPSA) is 60.4 Å². The summed E-state index contributed by atoms with van der Waals surface area (Å²) >= 11 is 0. The van der Waals surface area contributed by atoms with Gasteiger partial charge in [0, 0.05) is 26.8 Å². The summed E-state index contributed by atoms with van der Waals surface area (Å²) in [6.45, 7) is 5.20. The highest BCUT2D eigenvalue weighted by molar-refractivity contribution is 5.14. The van der Waals surface area contributed by atoms with Crippen molar-refractivity contribution in [2.24, 2.45) is 0 Å². The molecule has 1 heterocycles. The van der Waals surface area contributed by atoms with Gasteiger partial charge in [0.2, 0.25) is 0 Å². The third-order valence-corrected chi connectivity index (χ3v) is 4.79. The number of hydrogen-bond acceptors (Lipinski definition) is 6. The minimum absolute atomic E-state index is 0.217. The van der Waals surface area contributed by atoms with Gasteiger partial charge >= 0.3 is 0 Å². The van der Waals surface area contributed by atoms with Gasteiger partial charge in [0.05, 0.1) is 13.2 Å². The molecule has 1 saturated heterocycles. The maximum atomic E-state index is 10.6. The molecule has 0 amide bonds. The average molecular weight is 382 g/mol. The van der Waals surface area contributed by atoms with Crippen LogP contribution in [-0.2, 0) is 25.4 Å². The lowest BCUT2D eigenvalue weighted by atomic mass is 10.1. The van der Waals surface area contributed by atoms with E-state index in [1.807, 2.05) is 6.07 Å². The van der Waals surface area contributed by atoms with Crippen molar-refractivity contribution in [3.63, 3.8) is 0 Å². The van der Waals surface area contributed by atoms with Crippen LogP contribution in [0, 0.1) is 0 Å². The molecule has 1 aliphatic heterocycles. The van der Waals surface area contributed by atoms with Crippen LogP contribution in [0.1, 0.15) is 25.3 Å². The van der Waals surface area contributed by atoms with Gasteiger partial charge in [-0.2, -0.15) is 0 Å². The molecule has 1 aromatic carbocycles. The first-order valence-electron chi connectivity index (χ1n) is 9.93. The Morgan fingerprint density at radius 1 is 1.11 bits per heavy atom. The highest BCUT2D eigenvalue weighted by Crippen LogP contribution is 2.26. The molecule has 0 radical (unpaired) electrons. The smallest absolute Gasteiger partial charge is 0.186 e. The Morgan fingerprint density at radius 2 is 1.89 bits per heavy atom. The predicted octanol–water partition coefficient (Wildman–Crippen LogP) is 2.10. The number of methoxy groups -OCH3 is 1. The van der Waals surface area contributed by atoms with Crippen molar-refractivity contribution < 1.29 is 24.1 Å². The molecular weight excluding hydrogens is 346 g/mol. The average Bonchev–Trinajstić information content (AvgIpc) is 2.96. The Labute approximate surface area is 163 Å². The summed E-state index contributed by atoms with van der Waals surface area (Å²) in [4.78, 5) is 2.22. The first-order chi connectivity index (χ1) is 13.2. The number of aliphatic hydroxyl groups excluding tert-OH is 1. The van der Waals surface area contributed by atoms with E-state index in [1.54, 1.807) is 7.11 Å². The Hall–Kier alpha value is -1.02. The van der Waals surface area contributed by atoms with Crippen LogP contribution in [0.2, 0.25) is 0 Å². The third-order valence-electron chi connectivity index (χ3n) is 4.79. The van der Waals surface area contributed by atoms with Crippen molar-refractivity contribution in [1.82, 2.24) is 4.90 Å². The fourth-order valence-electron chi connectivity index (χ4n) is 3.17. The molecule has 0 saturated carbocycles. The Bertz CT molecular complexity index is 501. The van der Waals surface area contributed by atoms with Gasteiger partial charge in [-0.05, 0) is 25.5 Å². The molecule has 1 unspecified atom stereocenters.